The molecular formula is C23H23N5OS. The number of imidazole rings is 1. The monoisotopic (exact) mass is 417 g/mol. The Bertz CT molecular complexity index is 1260. The number of hydrogen-bond donors (Lipinski definition) is 1. The number of benzene rings is 2. The molecule has 1 atom stereocenters. The standard InChI is InChI=1S/C23H23N5OS/c1-27-13-7-10-16(14-27)22(29)26-21(24)20-19(15-8-3-2-4-9-15)25-23-28(20)17-11-5-6-12-18(17)30-23/h2-6,8-9,11-12,16H,7,10,13-14H2,1H3,(H2,24,26,29). The van der Waals surface area contributed by atoms with Crippen molar-refractivity contribution >= 4 is 38.3 Å². The molecule has 1 amide bonds. The number of amides is 1. The van der Waals surface area contributed by atoms with Gasteiger partial charge in [0.15, 0.2) is 10.8 Å². The summed E-state index contributed by atoms with van der Waals surface area (Å²) in [5.74, 6) is -0.0271. The lowest BCUT2D eigenvalue weighted by Crippen LogP contribution is -2.36. The molecule has 0 saturated carbocycles. The van der Waals surface area contributed by atoms with Crippen molar-refractivity contribution in [2.24, 2.45) is 16.6 Å². The molecule has 1 aliphatic rings. The van der Waals surface area contributed by atoms with Crippen LogP contribution in [0.3, 0.4) is 0 Å². The van der Waals surface area contributed by atoms with Crippen molar-refractivity contribution in [3.63, 3.8) is 0 Å². The number of amidine groups is 1. The molecule has 0 spiro atoms. The van der Waals surface area contributed by atoms with Crippen molar-refractivity contribution in [2.45, 2.75) is 12.8 Å². The van der Waals surface area contributed by atoms with Crippen molar-refractivity contribution in [3.05, 3.63) is 60.3 Å². The smallest absolute Gasteiger partial charge is 0.252 e. The van der Waals surface area contributed by atoms with Gasteiger partial charge in [-0.25, -0.2) is 4.98 Å². The average molecular weight is 418 g/mol. The number of carbonyl (C=O) groups excluding carboxylic acids is 1. The lowest BCUT2D eigenvalue weighted by Gasteiger charge is -2.27. The Labute approximate surface area is 178 Å². The third-order valence-corrected chi connectivity index (χ3v) is 6.67. The van der Waals surface area contributed by atoms with E-state index >= 15 is 0 Å². The highest BCUT2D eigenvalue weighted by Gasteiger charge is 2.26. The number of carbonyl (C=O) groups is 1. The molecule has 2 N–H and O–H groups in total. The van der Waals surface area contributed by atoms with Gasteiger partial charge in [0.1, 0.15) is 11.4 Å². The topological polar surface area (TPSA) is 76.0 Å². The second kappa shape index (κ2) is 7.66. The summed E-state index contributed by atoms with van der Waals surface area (Å²) in [6.45, 7) is 1.75. The summed E-state index contributed by atoms with van der Waals surface area (Å²) in [4.78, 5) is 25.2. The quantitative estimate of drug-likeness (QED) is 0.406. The first-order valence-corrected chi connectivity index (χ1v) is 11.0. The molecule has 4 aromatic rings. The van der Waals surface area contributed by atoms with Gasteiger partial charge in [-0.1, -0.05) is 53.8 Å². The molecule has 1 fully saturated rings. The van der Waals surface area contributed by atoms with Crippen LogP contribution in [0.1, 0.15) is 18.5 Å². The molecule has 3 heterocycles. The molecule has 5 rings (SSSR count). The van der Waals surface area contributed by atoms with Gasteiger partial charge >= 0.3 is 0 Å². The van der Waals surface area contributed by atoms with Gasteiger partial charge in [-0.2, -0.15) is 4.99 Å². The van der Waals surface area contributed by atoms with Gasteiger partial charge in [0, 0.05) is 12.1 Å². The molecule has 0 bridgehead atoms. The minimum Gasteiger partial charge on any atom is -0.382 e. The van der Waals surface area contributed by atoms with Crippen molar-refractivity contribution in [1.82, 2.24) is 14.3 Å². The summed E-state index contributed by atoms with van der Waals surface area (Å²) in [7, 11) is 2.04. The highest BCUT2D eigenvalue weighted by atomic mass is 32.1. The summed E-state index contributed by atoms with van der Waals surface area (Å²) < 4.78 is 3.15. The third kappa shape index (κ3) is 3.30. The third-order valence-electron chi connectivity index (χ3n) is 5.65. The molecule has 2 aromatic carbocycles. The van der Waals surface area contributed by atoms with Gasteiger partial charge < -0.3 is 10.6 Å². The van der Waals surface area contributed by atoms with Crippen LogP contribution in [0.2, 0.25) is 0 Å². The maximum atomic E-state index is 12.9. The normalized spacial score (nSPS) is 18.3. The van der Waals surface area contributed by atoms with Gasteiger partial charge in [-0.3, -0.25) is 9.20 Å². The molecule has 1 saturated heterocycles. The van der Waals surface area contributed by atoms with E-state index in [4.69, 9.17) is 10.7 Å². The van der Waals surface area contributed by atoms with Crippen LogP contribution in [0, 0.1) is 5.92 Å². The van der Waals surface area contributed by atoms with E-state index in [1.165, 1.54) is 0 Å². The maximum Gasteiger partial charge on any atom is 0.252 e. The van der Waals surface area contributed by atoms with Crippen LogP contribution in [0.15, 0.2) is 59.6 Å². The van der Waals surface area contributed by atoms with E-state index in [0.717, 1.165) is 52.4 Å². The molecule has 6 nitrogen and oxygen atoms in total. The Morgan fingerprint density at radius 1 is 1.17 bits per heavy atom. The van der Waals surface area contributed by atoms with Crippen LogP contribution < -0.4 is 5.73 Å². The first kappa shape index (κ1) is 19.0. The highest BCUT2D eigenvalue weighted by Crippen LogP contribution is 2.33. The van der Waals surface area contributed by atoms with Gasteiger partial charge in [0.25, 0.3) is 5.91 Å². The lowest BCUT2D eigenvalue weighted by atomic mass is 9.98. The van der Waals surface area contributed by atoms with E-state index in [0.29, 0.717) is 5.69 Å². The molecular weight excluding hydrogens is 394 g/mol. The van der Waals surface area contributed by atoms with E-state index in [-0.39, 0.29) is 17.7 Å². The fourth-order valence-corrected chi connectivity index (χ4v) is 5.21. The summed E-state index contributed by atoms with van der Waals surface area (Å²) in [6, 6.07) is 18.0. The van der Waals surface area contributed by atoms with Crippen LogP contribution in [-0.2, 0) is 4.79 Å². The Kier molecular flexibility index (Phi) is 4.84. The second-order valence-corrected chi connectivity index (χ2v) is 8.81. The minimum atomic E-state index is -0.146. The zero-order chi connectivity index (χ0) is 20.7. The molecule has 2 aromatic heterocycles. The molecule has 7 heteroatoms. The number of nitrogens with two attached hydrogens (primary N) is 1. The Morgan fingerprint density at radius 2 is 1.93 bits per heavy atom. The number of hydrogen-bond acceptors (Lipinski definition) is 4. The summed E-state index contributed by atoms with van der Waals surface area (Å²) in [5.41, 5.74) is 9.91. The van der Waals surface area contributed by atoms with Crippen LogP contribution in [-0.4, -0.2) is 46.2 Å². The predicted molar refractivity (Wildman–Crippen MR) is 122 cm³/mol. The number of likely N-dealkylation sites (tertiary alicyclic amines) is 1. The highest BCUT2D eigenvalue weighted by molar-refractivity contribution is 7.23. The number of aromatic nitrogens is 2. The van der Waals surface area contributed by atoms with E-state index < -0.39 is 0 Å². The molecule has 152 valence electrons. The van der Waals surface area contributed by atoms with Crippen LogP contribution in [0.5, 0.6) is 0 Å². The Morgan fingerprint density at radius 3 is 2.73 bits per heavy atom. The molecule has 1 unspecified atom stereocenters. The van der Waals surface area contributed by atoms with Gasteiger partial charge in [0.2, 0.25) is 0 Å². The van der Waals surface area contributed by atoms with E-state index in [1.54, 1.807) is 11.3 Å². The minimum absolute atomic E-state index is 0.106. The lowest BCUT2D eigenvalue weighted by molar-refractivity contribution is -0.123. The largest absolute Gasteiger partial charge is 0.382 e. The zero-order valence-corrected chi connectivity index (χ0v) is 17.6. The molecule has 0 aliphatic carbocycles. The molecule has 30 heavy (non-hydrogen) atoms. The number of thiazole rings is 1. The van der Waals surface area contributed by atoms with Crippen molar-refractivity contribution in [3.8, 4) is 11.3 Å². The number of rotatable bonds is 3. The van der Waals surface area contributed by atoms with Crippen molar-refractivity contribution < 1.29 is 4.79 Å². The molecule has 1 aliphatic heterocycles. The van der Waals surface area contributed by atoms with Gasteiger partial charge in [0.05, 0.1) is 16.1 Å². The Balaban J connectivity index is 1.66. The first-order chi connectivity index (χ1) is 14.6. The number of para-hydroxylation sites is 1. The van der Waals surface area contributed by atoms with Crippen LogP contribution in [0.4, 0.5) is 0 Å². The van der Waals surface area contributed by atoms with Crippen LogP contribution >= 0.6 is 11.3 Å². The maximum absolute atomic E-state index is 12.9. The predicted octanol–water partition coefficient (Wildman–Crippen LogP) is 3.79. The van der Waals surface area contributed by atoms with Crippen molar-refractivity contribution in [2.75, 3.05) is 20.1 Å². The fraction of sp³-hybridized carbons (Fsp3) is 0.261. The number of nitrogens with zero attached hydrogens (tertiary/aromatic N) is 4. The van der Waals surface area contributed by atoms with E-state index in [2.05, 4.69) is 16.0 Å². The Hall–Kier alpha value is -3.03. The van der Waals surface area contributed by atoms with Gasteiger partial charge in [-0.05, 0) is 38.6 Å². The van der Waals surface area contributed by atoms with E-state index in [9.17, 15) is 4.79 Å². The molecule has 0 radical (unpaired) electrons. The number of fused-ring (bicyclic) bond motifs is 3. The van der Waals surface area contributed by atoms with E-state index in [1.807, 2.05) is 60.0 Å². The SMILES string of the molecule is CN1CCCC(C(=O)N=C(N)c2c(-c3ccccc3)nc3sc4ccccc4n23)C1. The summed E-state index contributed by atoms with van der Waals surface area (Å²) >= 11 is 1.61. The summed E-state index contributed by atoms with van der Waals surface area (Å²) in [5, 5.41) is 0. The summed E-state index contributed by atoms with van der Waals surface area (Å²) in [6.07, 6.45) is 1.86. The second-order valence-electron chi connectivity index (χ2n) is 7.80. The van der Waals surface area contributed by atoms with Crippen LogP contribution in [0.25, 0.3) is 26.4 Å². The van der Waals surface area contributed by atoms with Crippen molar-refractivity contribution in [1.29, 1.82) is 0 Å². The van der Waals surface area contributed by atoms with Gasteiger partial charge in [-0.15, -0.1) is 0 Å². The average Bonchev–Trinajstić information content (AvgIpc) is 3.30. The first-order valence-electron chi connectivity index (χ1n) is 10.1. The zero-order valence-electron chi connectivity index (χ0n) is 16.8. The number of aliphatic imine (C=N–C) groups is 1. The fourth-order valence-electron chi connectivity index (χ4n) is 4.18. The number of piperidine rings is 1.